The molecule has 2 N–H and O–H groups in total. The van der Waals surface area contributed by atoms with E-state index in [-0.39, 0.29) is 11.6 Å². The maximum atomic E-state index is 12.6. The van der Waals surface area contributed by atoms with Crippen molar-refractivity contribution >= 4 is 23.0 Å². The number of aromatic nitrogens is 4. The molecule has 9 heteroatoms. The summed E-state index contributed by atoms with van der Waals surface area (Å²) in [5, 5.41) is 8.01. The minimum absolute atomic E-state index is 0.206. The second kappa shape index (κ2) is 7.60. The molecule has 4 aromatic rings. The Hall–Kier alpha value is -4.14. The molecule has 1 aliphatic rings. The molecular weight excluding hydrogens is 398 g/mol. The number of H-pyrrole nitrogens is 1. The fourth-order valence-electron chi connectivity index (χ4n) is 3.70. The lowest BCUT2D eigenvalue weighted by molar-refractivity contribution is 0.0600. The number of benzene rings is 2. The Balaban J connectivity index is 1.53. The standard InChI is InChI=1S/C22H19N5O4/c1-30-21(29)13-7-8-18-15(11-13)17(9-10-31-18)24-22-25-19-16(20(28)26-22)12-23-27(19)14-5-3-2-4-6-14/h2-8,11-12,17H,9-10H2,1H3,(H2,24,25,26,28). The average molecular weight is 417 g/mol. The zero-order valence-corrected chi connectivity index (χ0v) is 16.7. The Morgan fingerprint density at radius 3 is 2.90 bits per heavy atom. The number of para-hydroxylation sites is 1. The van der Waals surface area contributed by atoms with Gasteiger partial charge >= 0.3 is 5.97 Å². The largest absolute Gasteiger partial charge is 0.493 e. The number of hydrogen-bond donors (Lipinski definition) is 2. The highest BCUT2D eigenvalue weighted by atomic mass is 16.5. The van der Waals surface area contributed by atoms with Crippen LogP contribution in [0.5, 0.6) is 5.75 Å². The summed E-state index contributed by atoms with van der Waals surface area (Å²) >= 11 is 0. The van der Waals surface area contributed by atoms with Gasteiger partial charge in [-0.1, -0.05) is 18.2 Å². The van der Waals surface area contributed by atoms with Gasteiger partial charge in [-0.3, -0.25) is 9.78 Å². The summed E-state index contributed by atoms with van der Waals surface area (Å²) < 4.78 is 12.2. The minimum Gasteiger partial charge on any atom is -0.493 e. The highest BCUT2D eigenvalue weighted by Crippen LogP contribution is 2.34. The summed E-state index contributed by atoms with van der Waals surface area (Å²) in [6, 6.07) is 14.4. The predicted octanol–water partition coefficient (Wildman–Crippen LogP) is 2.83. The van der Waals surface area contributed by atoms with E-state index in [9.17, 15) is 9.59 Å². The number of carbonyl (C=O) groups excluding carboxylic acids is 1. The monoisotopic (exact) mass is 417 g/mol. The number of esters is 1. The lowest BCUT2D eigenvalue weighted by atomic mass is 9.98. The molecule has 2 aromatic heterocycles. The summed E-state index contributed by atoms with van der Waals surface area (Å²) in [5.74, 6) is 0.567. The summed E-state index contributed by atoms with van der Waals surface area (Å²) in [4.78, 5) is 32.0. The van der Waals surface area contributed by atoms with Gasteiger partial charge in [0.2, 0.25) is 5.95 Å². The fourth-order valence-corrected chi connectivity index (χ4v) is 3.70. The third-order valence-corrected chi connectivity index (χ3v) is 5.22. The molecular formula is C22H19N5O4. The Bertz CT molecular complexity index is 1330. The van der Waals surface area contributed by atoms with Crippen molar-refractivity contribution in [2.45, 2.75) is 12.5 Å². The fraction of sp³-hybridized carbons (Fsp3) is 0.182. The molecule has 2 aromatic carbocycles. The number of anilines is 1. The van der Waals surface area contributed by atoms with Crippen molar-refractivity contribution in [3.05, 3.63) is 76.2 Å². The van der Waals surface area contributed by atoms with E-state index in [0.717, 1.165) is 11.3 Å². The third-order valence-electron chi connectivity index (χ3n) is 5.22. The van der Waals surface area contributed by atoms with Crippen LogP contribution in [0.2, 0.25) is 0 Å². The lowest BCUT2D eigenvalue weighted by Gasteiger charge is -2.27. The number of rotatable bonds is 4. The molecule has 1 unspecified atom stereocenters. The molecule has 0 radical (unpaired) electrons. The molecule has 0 saturated carbocycles. The van der Waals surface area contributed by atoms with Gasteiger partial charge in [-0.15, -0.1) is 0 Å². The smallest absolute Gasteiger partial charge is 0.337 e. The van der Waals surface area contributed by atoms with Crippen molar-refractivity contribution in [2.75, 3.05) is 19.0 Å². The van der Waals surface area contributed by atoms with Crippen LogP contribution in [0.3, 0.4) is 0 Å². The quantitative estimate of drug-likeness (QED) is 0.491. The van der Waals surface area contributed by atoms with Gasteiger partial charge in [0.25, 0.3) is 5.56 Å². The van der Waals surface area contributed by atoms with Crippen LogP contribution >= 0.6 is 0 Å². The molecule has 9 nitrogen and oxygen atoms in total. The highest BCUT2D eigenvalue weighted by Gasteiger charge is 2.24. The Morgan fingerprint density at radius 2 is 2.10 bits per heavy atom. The molecule has 0 saturated heterocycles. The number of ether oxygens (including phenoxy) is 2. The molecule has 0 amide bonds. The lowest BCUT2D eigenvalue weighted by Crippen LogP contribution is -2.23. The highest BCUT2D eigenvalue weighted by molar-refractivity contribution is 5.90. The van der Waals surface area contributed by atoms with Crippen LogP contribution in [0.4, 0.5) is 5.95 Å². The average Bonchev–Trinajstić information content (AvgIpc) is 3.23. The predicted molar refractivity (Wildman–Crippen MR) is 114 cm³/mol. The van der Waals surface area contributed by atoms with E-state index in [4.69, 9.17) is 9.47 Å². The van der Waals surface area contributed by atoms with Gasteiger partial charge in [-0.05, 0) is 30.3 Å². The van der Waals surface area contributed by atoms with Crippen molar-refractivity contribution in [3.8, 4) is 11.4 Å². The van der Waals surface area contributed by atoms with Crippen LogP contribution in [0.15, 0.2) is 59.5 Å². The van der Waals surface area contributed by atoms with E-state index in [2.05, 4.69) is 20.4 Å². The molecule has 0 spiro atoms. The van der Waals surface area contributed by atoms with Gasteiger partial charge in [-0.2, -0.15) is 10.1 Å². The summed E-state index contributed by atoms with van der Waals surface area (Å²) in [6.45, 7) is 0.497. The maximum absolute atomic E-state index is 12.6. The molecule has 5 rings (SSSR count). The second-order valence-corrected chi connectivity index (χ2v) is 7.12. The van der Waals surface area contributed by atoms with Crippen LogP contribution in [-0.2, 0) is 4.74 Å². The van der Waals surface area contributed by atoms with E-state index < -0.39 is 5.97 Å². The van der Waals surface area contributed by atoms with Gasteiger partial charge < -0.3 is 14.8 Å². The van der Waals surface area contributed by atoms with E-state index in [0.29, 0.717) is 41.3 Å². The zero-order chi connectivity index (χ0) is 21.4. The van der Waals surface area contributed by atoms with Gasteiger partial charge in [-0.25, -0.2) is 9.48 Å². The van der Waals surface area contributed by atoms with E-state index >= 15 is 0 Å². The number of methoxy groups -OCH3 is 1. The van der Waals surface area contributed by atoms with Crippen LogP contribution in [0, 0.1) is 0 Å². The first-order valence-corrected chi connectivity index (χ1v) is 9.79. The van der Waals surface area contributed by atoms with Crippen LogP contribution in [0.1, 0.15) is 28.4 Å². The minimum atomic E-state index is -0.424. The van der Waals surface area contributed by atoms with Crippen molar-refractivity contribution in [1.82, 2.24) is 19.7 Å². The molecule has 31 heavy (non-hydrogen) atoms. The third kappa shape index (κ3) is 3.39. The van der Waals surface area contributed by atoms with Crippen LogP contribution < -0.4 is 15.6 Å². The topological polar surface area (TPSA) is 111 Å². The van der Waals surface area contributed by atoms with Gasteiger partial charge in [0, 0.05) is 12.0 Å². The number of carbonyl (C=O) groups is 1. The van der Waals surface area contributed by atoms with E-state index in [1.54, 1.807) is 22.9 Å². The first-order valence-electron chi connectivity index (χ1n) is 9.79. The first-order chi connectivity index (χ1) is 15.1. The summed E-state index contributed by atoms with van der Waals surface area (Å²) in [5.41, 5.74) is 2.20. The zero-order valence-electron chi connectivity index (χ0n) is 16.7. The van der Waals surface area contributed by atoms with E-state index in [1.807, 2.05) is 30.3 Å². The first kappa shape index (κ1) is 18.9. The molecule has 1 atom stereocenters. The number of fused-ring (bicyclic) bond motifs is 2. The van der Waals surface area contributed by atoms with E-state index in [1.165, 1.54) is 13.3 Å². The van der Waals surface area contributed by atoms with Gasteiger partial charge in [0.15, 0.2) is 5.65 Å². The molecule has 0 bridgehead atoms. The summed E-state index contributed by atoms with van der Waals surface area (Å²) in [7, 11) is 1.34. The van der Waals surface area contributed by atoms with Crippen LogP contribution in [-0.4, -0.2) is 39.4 Å². The molecule has 156 valence electrons. The second-order valence-electron chi connectivity index (χ2n) is 7.12. The Labute approximate surface area is 176 Å². The molecule has 0 fully saturated rings. The SMILES string of the molecule is COC(=O)c1ccc2c(c1)C(Nc1nc3c(cnn3-c3ccccc3)c(=O)[nH]1)CCO2. The number of nitrogens with one attached hydrogen (secondary N) is 2. The Kier molecular flexibility index (Phi) is 4.62. The number of aromatic amines is 1. The maximum Gasteiger partial charge on any atom is 0.337 e. The van der Waals surface area contributed by atoms with Crippen molar-refractivity contribution < 1.29 is 14.3 Å². The van der Waals surface area contributed by atoms with Gasteiger partial charge in [0.05, 0.1) is 37.2 Å². The van der Waals surface area contributed by atoms with Crippen LogP contribution in [0.25, 0.3) is 16.7 Å². The normalized spacial score (nSPS) is 15.2. The molecule has 0 aliphatic carbocycles. The Morgan fingerprint density at radius 1 is 1.26 bits per heavy atom. The van der Waals surface area contributed by atoms with Crippen molar-refractivity contribution in [2.24, 2.45) is 0 Å². The number of nitrogens with zero attached hydrogens (tertiary/aromatic N) is 3. The summed E-state index contributed by atoms with van der Waals surface area (Å²) in [6.07, 6.45) is 2.14. The van der Waals surface area contributed by atoms with Crippen molar-refractivity contribution in [3.63, 3.8) is 0 Å². The number of hydrogen-bond acceptors (Lipinski definition) is 7. The molecule has 3 heterocycles. The van der Waals surface area contributed by atoms with Crippen molar-refractivity contribution in [1.29, 1.82) is 0 Å². The van der Waals surface area contributed by atoms with Gasteiger partial charge in [0.1, 0.15) is 11.1 Å². The molecule has 1 aliphatic heterocycles.